The molecule has 5 heteroatoms. The molecule has 0 aliphatic rings. The zero-order valence-corrected chi connectivity index (χ0v) is 6.17. The lowest BCUT2D eigenvalue weighted by molar-refractivity contribution is 0.145. The minimum absolute atomic E-state index is 0.0492. The van der Waals surface area contributed by atoms with Crippen molar-refractivity contribution in [1.29, 1.82) is 0 Å². The Hall–Kier alpha value is -1.23. The van der Waals surface area contributed by atoms with E-state index in [1.54, 1.807) is 0 Å². The van der Waals surface area contributed by atoms with Gasteiger partial charge in [-0.05, 0) is 12.1 Å². The van der Waals surface area contributed by atoms with Gasteiger partial charge in [0.25, 0.3) is 6.43 Å². The molecule has 66 valence electrons. The molecule has 0 fully saturated rings. The van der Waals surface area contributed by atoms with E-state index in [4.69, 9.17) is 10.8 Å². The third-order valence-corrected chi connectivity index (χ3v) is 1.39. The second-order valence-corrected chi connectivity index (χ2v) is 2.21. The highest BCUT2D eigenvalue weighted by molar-refractivity contribution is 5.27. The monoisotopic (exact) mass is 174 g/mol. The molecule has 0 bridgehead atoms. The van der Waals surface area contributed by atoms with Crippen LogP contribution in [0.5, 0.6) is 5.75 Å². The van der Waals surface area contributed by atoms with Gasteiger partial charge in [0.1, 0.15) is 11.4 Å². The van der Waals surface area contributed by atoms with Gasteiger partial charge < -0.3 is 10.8 Å². The summed E-state index contributed by atoms with van der Waals surface area (Å²) in [5.74, 6) is -0.151. The maximum absolute atomic E-state index is 12.0. The molecule has 0 saturated carbocycles. The van der Waals surface area contributed by atoms with Crippen LogP contribution in [0.3, 0.4) is 0 Å². The van der Waals surface area contributed by atoms with Gasteiger partial charge in [-0.2, -0.15) is 0 Å². The molecule has 0 radical (unpaired) electrons. The summed E-state index contributed by atoms with van der Waals surface area (Å²) in [6.07, 6.45) is -2.63. The van der Waals surface area contributed by atoms with Crippen molar-refractivity contribution in [2.24, 2.45) is 5.73 Å². The standard InChI is InChI=1S/C7H8F2N2O/c8-7(9)4-1-2-6(12)5(3-10)11-4/h1-2,7,12H,3,10H2. The van der Waals surface area contributed by atoms with Crippen LogP contribution in [0, 0.1) is 0 Å². The fraction of sp³-hybridized carbons (Fsp3) is 0.286. The molecule has 1 aromatic rings. The van der Waals surface area contributed by atoms with Crippen molar-refractivity contribution in [3.8, 4) is 5.75 Å². The Balaban J connectivity index is 3.05. The van der Waals surface area contributed by atoms with Gasteiger partial charge in [0.05, 0.1) is 5.69 Å². The third kappa shape index (κ3) is 1.68. The van der Waals surface area contributed by atoms with Crippen molar-refractivity contribution in [3.63, 3.8) is 0 Å². The van der Waals surface area contributed by atoms with E-state index in [2.05, 4.69) is 4.98 Å². The van der Waals surface area contributed by atoms with Gasteiger partial charge in [-0.15, -0.1) is 0 Å². The Morgan fingerprint density at radius 1 is 1.50 bits per heavy atom. The van der Waals surface area contributed by atoms with E-state index < -0.39 is 6.43 Å². The topological polar surface area (TPSA) is 59.1 Å². The van der Waals surface area contributed by atoms with Crippen LogP contribution in [0.25, 0.3) is 0 Å². The molecule has 0 amide bonds. The number of nitrogens with two attached hydrogens (primary N) is 1. The average Bonchev–Trinajstić information content (AvgIpc) is 2.05. The molecule has 0 unspecified atom stereocenters. The molecule has 0 atom stereocenters. The van der Waals surface area contributed by atoms with Crippen LogP contribution in [-0.4, -0.2) is 10.1 Å². The summed E-state index contributed by atoms with van der Waals surface area (Å²) in [5, 5.41) is 9.03. The zero-order chi connectivity index (χ0) is 9.14. The summed E-state index contributed by atoms with van der Waals surface area (Å²) in [6.45, 7) is -0.0492. The predicted octanol–water partition coefficient (Wildman–Crippen LogP) is 1.18. The Morgan fingerprint density at radius 3 is 2.67 bits per heavy atom. The molecule has 3 nitrogen and oxygen atoms in total. The number of nitrogens with zero attached hydrogens (tertiary/aromatic N) is 1. The van der Waals surface area contributed by atoms with Crippen LogP contribution < -0.4 is 5.73 Å². The Bertz CT molecular complexity index is 278. The van der Waals surface area contributed by atoms with E-state index in [1.165, 1.54) is 0 Å². The van der Waals surface area contributed by atoms with Gasteiger partial charge in [-0.3, -0.25) is 0 Å². The first-order chi connectivity index (χ1) is 5.65. The highest BCUT2D eigenvalue weighted by atomic mass is 19.3. The molecular weight excluding hydrogens is 166 g/mol. The van der Waals surface area contributed by atoms with Crippen molar-refractivity contribution in [1.82, 2.24) is 4.98 Å². The van der Waals surface area contributed by atoms with Gasteiger partial charge in [-0.25, -0.2) is 13.8 Å². The van der Waals surface area contributed by atoms with E-state index in [9.17, 15) is 8.78 Å². The molecule has 1 rings (SSSR count). The van der Waals surface area contributed by atoms with Crippen LogP contribution >= 0.6 is 0 Å². The molecule has 3 N–H and O–H groups in total. The molecule has 0 spiro atoms. The lowest BCUT2D eigenvalue weighted by Crippen LogP contribution is -2.02. The zero-order valence-electron chi connectivity index (χ0n) is 6.17. The number of hydrogen-bond acceptors (Lipinski definition) is 3. The van der Waals surface area contributed by atoms with Crippen molar-refractivity contribution in [2.75, 3.05) is 0 Å². The predicted molar refractivity (Wildman–Crippen MR) is 38.8 cm³/mol. The van der Waals surface area contributed by atoms with Crippen molar-refractivity contribution >= 4 is 0 Å². The number of rotatable bonds is 2. The quantitative estimate of drug-likeness (QED) is 0.707. The maximum atomic E-state index is 12.0. The summed E-state index contributed by atoms with van der Waals surface area (Å²) in [6, 6.07) is 2.23. The summed E-state index contributed by atoms with van der Waals surface area (Å²) >= 11 is 0. The minimum Gasteiger partial charge on any atom is -0.506 e. The minimum atomic E-state index is -2.63. The Labute approximate surface area is 67.8 Å². The third-order valence-electron chi connectivity index (χ3n) is 1.39. The largest absolute Gasteiger partial charge is 0.506 e. The molecule has 1 aromatic heterocycles. The van der Waals surface area contributed by atoms with E-state index in [-0.39, 0.29) is 23.7 Å². The number of aromatic nitrogens is 1. The number of hydrogen-bond donors (Lipinski definition) is 2. The normalized spacial score (nSPS) is 10.7. The number of aromatic hydroxyl groups is 1. The molecular formula is C7H8F2N2O. The van der Waals surface area contributed by atoms with Crippen LogP contribution in [0.2, 0.25) is 0 Å². The molecule has 12 heavy (non-hydrogen) atoms. The first-order valence-corrected chi connectivity index (χ1v) is 3.32. The molecule has 0 saturated heterocycles. The van der Waals surface area contributed by atoms with Crippen LogP contribution in [-0.2, 0) is 6.54 Å². The summed E-state index contributed by atoms with van der Waals surface area (Å²) in [5.41, 5.74) is 4.88. The fourth-order valence-corrected chi connectivity index (χ4v) is 0.783. The highest BCUT2D eigenvalue weighted by Gasteiger charge is 2.10. The van der Waals surface area contributed by atoms with Crippen LogP contribution in [0.1, 0.15) is 17.8 Å². The van der Waals surface area contributed by atoms with Crippen molar-refractivity contribution in [2.45, 2.75) is 13.0 Å². The maximum Gasteiger partial charge on any atom is 0.280 e. The van der Waals surface area contributed by atoms with Crippen molar-refractivity contribution in [3.05, 3.63) is 23.5 Å². The van der Waals surface area contributed by atoms with Gasteiger partial charge in [0, 0.05) is 6.54 Å². The summed E-state index contributed by atoms with van der Waals surface area (Å²) in [4.78, 5) is 3.47. The first kappa shape index (κ1) is 8.86. The van der Waals surface area contributed by atoms with E-state index in [1.807, 2.05) is 0 Å². The SMILES string of the molecule is NCc1nc(C(F)F)ccc1O. The highest BCUT2D eigenvalue weighted by Crippen LogP contribution is 2.21. The van der Waals surface area contributed by atoms with E-state index in [0.29, 0.717) is 0 Å². The Kier molecular flexibility index (Phi) is 2.54. The molecule has 0 aliphatic heterocycles. The first-order valence-electron chi connectivity index (χ1n) is 3.32. The summed E-state index contributed by atoms with van der Waals surface area (Å²) < 4.78 is 24.1. The van der Waals surface area contributed by atoms with Gasteiger partial charge in [-0.1, -0.05) is 0 Å². The second-order valence-electron chi connectivity index (χ2n) is 2.21. The van der Waals surface area contributed by atoms with E-state index >= 15 is 0 Å². The second kappa shape index (κ2) is 3.44. The average molecular weight is 174 g/mol. The lowest BCUT2D eigenvalue weighted by atomic mass is 10.3. The van der Waals surface area contributed by atoms with Gasteiger partial charge >= 0.3 is 0 Å². The number of alkyl halides is 2. The number of halogens is 2. The fourth-order valence-electron chi connectivity index (χ4n) is 0.783. The van der Waals surface area contributed by atoms with Crippen molar-refractivity contribution < 1.29 is 13.9 Å². The van der Waals surface area contributed by atoms with Crippen LogP contribution in [0.4, 0.5) is 8.78 Å². The molecule has 0 aromatic carbocycles. The molecule has 1 heterocycles. The Morgan fingerprint density at radius 2 is 2.17 bits per heavy atom. The van der Waals surface area contributed by atoms with Crippen LogP contribution in [0.15, 0.2) is 12.1 Å². The van der Waals surface area contributed by atoms with E-state index in [0.717, 1.165) is 12.1 Å². The molecule has 0 aliphatic carbocycles. The lowest BCUT2D eigenvalue weighted by Gasteiger charge is -2.03. The smallest absolute Gasteiger partial charge is 0.280 e. The summed E-state index contributed by atoms with van der Waals surface area (Å²) in [7, 11) is 0. The number of pyridine rings is 1. The van der Waals surface area contributed by atoms with Gasteiger partial charge in [0.2, 0.25) is 0 Å². The van der Waals surface area contributed by atoms with Gasteiger partial charge in [0.15, 0.2) is 0 Å².